The predicted octanol–water partition coefficient (Wildman–Crippen LogP) is 0.891. The Hall–Kier alpha value is -0.770. The Labute approximate surface area is 65.2 Å². The summed E-state index contributed by atoms with van der Waals surface area (Å²) in [4.78, 5) is 16.0. The standard InChI is InChI=1S/C7H12N2O2/c10-6-8-7(11-9-6)4-2-1-3-5-7/h1-5H2,(H2,8,9,10). The van der Waals surface area contributed by atoms with Gasteiger partial charge in [-0.25, -0.2) is 15.1 Å². The summed E-state index contributed by atoms with van der Waals surface area (Å²) in [5.74, 6) is 0. The molecule has 62 valence electrons. The number of amides is 2. The summed E-state index contributed by atoms with van der Waals surface area (Å²) in [7, 11) is 0. The number of hydrogen-bond donors (Lipinski definition) is 2. The van der Waals surface area contributed by atoms with Crippen molar-refractivity contribution in [2.75, 3.05) is 0 Å². The molecule has 0 aromatic heterocycles. The van der Waals surface area contributed by atoms with Crippen LogP contribution in [0.5, 0.6) is 0 Å². The number of urea groups is 1. The second-order valence-corrected chi connectivity index (χ2v) is 3.21. The molecule has 4 nitrogen and oxygen atoms in total. The van der Waals surface area contributed by atoms with Crippen LogP contribution in [0.25, 0.3) is 0 Å². The highest BCUT2D eigenvalue weighted by atomic mass is 16.7. The number of hydrogen-bond acceptors (Lipinski definition) is 2. The van der Waals surface area contributed by atoms with Gasteiger partial charge in [-0.2, -0.15) is 0 Å². The van der Waals surface area contributed by atoms with Gasteiger partial charge in [-0.1, -0.05) is 6.42 Å². The van der Waals surface area contributed by atoms with Gasteiger partial charge in [-0.05, 0) is 25.7 Å². The van der Waals surface area contributed by atoms with Crippen molar-refractivity contribution in [3.63, 3.8) is 0 Å². The van der Waals surface area contributed by atoms with E-state index in [2.05, 4.69) is 10.8 Å². The normalized spacial score (nSPS) is 28.2. The van der Waals surface area contributed by atoms with E-state index in [1.165, 1.54) is 6.42 Å². The van der Waals surface area contributed by atoms with Gasteiger partial charge in [-0.15, -0.1) is 0 Å². The first-order chi connectivity index (χ1) is 5.31. The average molecular weight is 156 g/mol. The van der Waals surface area contributed by atoms with E-state index in [1.54, 1.807) is 0 Å². The lowest BCUT2D eigenvalue weighted by atomic mass is 9.92. The molecule has 2 N–H and O–H groups in total. The molecule has 2 amide bonds. The van der Waals surface area contributed by atoms with Crippen LogP contribution in [0.4, 0.5) is 4.79 Å². The van der Waals surface area contributed by atoms with E-state index >= 15 is 0 Å². The highest BCUT2D eigenvalue weighted by Gasteiger charge is 2.40. The molecule has 0 bridgehead atoms. The zero-order chi connectivity index (χ0) is 7.73. The molecule has 1 saturated carbocycles. The van der Waals surface area contributed by atoms with Crippen LogP contribution in [0, 0.1) is 0 Å². The Bertz CT molecular complexity index is 175. The van der Waals surface area contributed by atoms with Gasteiger partial charge in [0.05, 0.1) is 0 Å². The minimum Gasteiger partial charge on any atom is -0.306 e. The highest BCUT2D eigenvalue weighted by Crippen LogP contribution is 2.30. The van der Waals surface area contributed by atoms with E-state index in [1.807, 2.05) is 0 Å². The van der Waals surface area contributed by atoms with Crippen molar-refractivity contribution in [1.29, 1.82) is 0 Å². The van der Waals surface area contributed by atoms with Crippen molar-refractivity contribution in [1.82, 2.24) is 10.8 Å². The second-order valence-electron chi connectivity index (χ2n) is 3.21. The van der Waals surface area contributed by atoms with Crippen molar-refractivity contribution >= 4 is 6.03 Å². The first-order valence-corrected chi connectivity index (χ1v) is 4.07. The maximum Gasteiger partial charge on any atom is 0.341 e. The van der Waals surface area contributed by atoms with Gasteiger partial charge in [0.1, 0.15) is 0 Å². The Balaban J connectivity index is 2.03. The fourth-order valence-electron chi connectivity index (χ4n) is 1.75. The molecule has 1 saturated heterocycles. The van der Waals surface area contributed by atoms with E-state index in [-0.39, 0.29) is 11.8 Å². The highest BCUT2D eigenvalue weighted by molar-refractivity contribution is 5.75. The van der Waals surface area contributed by atoms with Gasteiger partial charge >= 0.3 is 6.03 Å². The van der Waals surface area contributed by atoms with E-state index in [0.717, 1.165) is 25.7 Å². The maximum atomic E-state index is 10.8. The van der Waals surface area contributed by atoms with Gasteiger partial charge in [0.25, 0.3) is 0 Å². The molecule has 1 spiro atoms. The molecule has 0 aromatic rings. The smallest absolute Gasteiger partial charge is 0.306 e. The molecule has 2 rings (SSSR count). The number of hydroxylamine groups is 1. The van der Waals surface area contributed by atoms with Crippen LogP contribution in [0.15, 0.2) is 0 Å². The number of rotatable bonds is 0. The molecule has 0 atom stereocenters. The van der Waals surface area contributed by atoms with E-state index in [0.29, 0.717) is 0 Å². The lowest BCUT2D eigenvalue weighted by Gasteiger charge is -2.29. The SMILES string of the molecule is O=C1NOC2(CCCCC2)N1. The predicted molar refractivity (Wildman–Crippen MR) is 38.6 cm³/mol. The van der Waals surface area contributed by atoms with Gasteiger partial charge in [-0.3, -0.25) is 0 Å². The monoisotopic (exact) mass is 156 g/mol. The van der Waals surface area contributed by atoms with Crippen LogP contribution in [0.3, 0.4) is 0 Å². The molecule has 2 fully saturated rings. The summed E-state index contributed by atoms with van der Waals surface area (Å²) in [6.07, 6.45) is 5.41. The summed E-state index contributed by atoms with van der Waals surface area (Å²) in [5.41, 5.74) is 1.96. The molecule has 0 unspecified atom stereocenters. The van der Waals surface area contributed by atoms with Crippen molar-refractivity contribution in [3.05, 3.63) is 0 Å². The van der Waals surface area contributed by atoms with Crippen molar-refractivity contribution in [3.8, 4) is 0 Å². The van der Waals surface area contributed by atoms with Crippen molar-refractivity contribution < 1.29 is 9.63 Å². The second kappa shape index (κ2) is 2.37. The van der Waals surface area contributed by atoms with Crippen LogP contribution < -0.4 is 10.8 Å². The third kappa shape index (κ3) is 1.18. The van der Waals surface area contributed by atoms with Crippen molar-refractivity contribution in [2.24, 2.45) is 0 Å². The minimum atomic E-state index is -0.366. The van der Waals surface area contributed by atoms with E-state index < -0.39 is 0 Å². The fourth-order valence-corrected chi connectivity index (χ4v) is 1.75. The lowest BCUT2D eigenvalue weighted by Crippen LogP contribution is -2.43. The first kappa shape index (κ1) is 6.91. The molecule has 0 aromatic carbocycles. The molecule has 1 heterocycles. The van der Waals surface area contributed by atoms with E-state index in [4.69, 9.17) is 4.84 Å². The van der Waals surface area contributed by atoms with Crippen LogP contribution in [0.2, 0.25) is 0 Å². The third-order valence-electron chi connectivity index (χ3n) is 2.34. The molecule has 1 aliphatic carbocycles. The Kier molecular flexibility index (Phi) is 1.49. The van der Waals surface area contributed by atoms with Gasteiger partial charge < -0.3 is 5.32 Å². The number of carbonyl (C=O) groups is 1. The van der Waals surface area contributed by atoms with E-state index in [9.17, 15) is 4.79 Å². The molecule has 1 aliphatic heterocycles. The van der Waals surface area contributed by atoms with Crippen LogP contribution in [-0.2, 0) is 4.84 Å². The maximum absolute atomic E-state index is 10.8. The van der Waals surface area contributed by atoms with Gasteiger partial charge in [0.2, 0.25) is 0 Å². The summed E-state index contributed by atoms with van der Waals surface area (Å²) in [5, 5.41) is 2.80. The molecular weight excluding hydrogens is 144 g/mol. The minimum absolute atomic E-state index is 0.202. The average Bonchev–Trinajstić information content (AvgIpc) is 2.34. The Morgan fingerprint density at radius 1 is 1.27 bits per heavy atom. The molecule has 11 heavy (non-hydrogen) atoms. The zero-order valence-electron chi connectivity index (χ0n) is 6.35. The van der Waals surface area contributed by atoms with Crippen molar-refractivity contribution in [2.45, 2.75) is 37.8 Å². The third-order valence-corrected chi connectivity index (χ3v) is 2.34. The summed E-state index contributed by atoms with van der Waals surface area (Å²) in [6, 6.07) is -0.202. The zero-order valence-corrected chi connectivity index (χ0v) is 6.35. The van der Waals surface area contributed by atoms with Gasteiger partial charge in [0, 0.05) is 0 Å². The van der Waals surface area contributed by atoms with Crippen LogP contribution >= 0.6 is 0 Å². The quantitative estimate of drug-likeness (QED) is 0.547. The molecule has 4 heteroatoms. The van der Waals surface area contributed by atoms with Gasteiger partial charge in [0.15, 0.2) is 5.72 Å². The number of carbonyl (C=O) groups excluding carboxylic acids is 1. The Morgan fingerprint density at radius 3 is 2.55 bits per heavy atom. The largest absolute Gasteiger partial charge is 0.341 e. The first-order valence-electron chi connectivity index (χ1n) is 4.07. The van der Waals surface area contributed by atoms with Crippen LogP contribution in [0.1, 0.15) is 32.1 Å². The lowest BCUT2D eigenvalue weighted by molar-refractivity contribution is -0.0824. The Morgan fingerprint density at radius 2 is 2.00 bits per heavy atom. The van der Waals surface area contributed by atoms with Crippen LogP contribution in [-0.4, -0.2) is 11.8 Å². The fraction of sp³-hybridized carbons (Fsp3) is 0.857. The summed E-state index contributed by atoms with van der Waals surface area (Å²) >= 11 is 0. The molecular formula is C7H12N2O2. The topological polar surface area (TPSA) is 50.4 Å². The molecule has 2 aliphatic rings. The summed E-state index contributed by atoms with van der Waals surface area (Å²) < 4.78 is 0. The molecule has 0 radical (unpaired) electrons. The number of nitrogens with one attached hydrogen (secondary N) is 2. The summed E-state index contributed by atoms with van der Waals surface area (Å²) in [6.45, 7) is 0.